The largest absolute Gasteiger partial charge is 0.367 e. The fourth-order valence-electron chi connectivity index (χ4n) is 3.70. The first kappa shape index (κ1) is 19.4. The van der Waals surface area contributed by atoms with Gasteiger partial charge in [0.1, 0.15) is 0 Å². The number of thioether (sulfide) groups is 1. The monoisotopic (exact) mass is 403 g/mol. The third kappa shape index (κ3) is 4.40. The molecule has 0 bridgehead atoms. The van der Waals surface area contributed by atoms with Gasteiger partial charge in [0.05, 0.1) is 11.4 Å². The number of para-hydroxylation sites is 2. The lowest BCUT2D eigenvalue weighted by Crippen LogP contribution is -2.50. The highest BCUT2D eigenvalue weighted by Gasteiger charge is 2.23. The van der Waals surface area contributed by atoms with Crippen LogP contribution in [-0.4, -0.2) is 43.4 Å². The van der Waals surface area contributed by atoms with E-state index in [1.165, 1.54) is 10.6 Å². The number of carbonyl (C=O) groups excluding carboxylic acids is 1. The number of rotatable bonds is 4. The van der Waals surface area contributed by atoms with Gasteiger partial charge in [0, 0.05) is 36.6 Å². The fourth-order valence-corrected chi connectivity index (χ4v) is 4.32. The summed E-state index contributed by atoms with van der Waals surface area (Å²) in [5.41, 5.74) is 4.24. The van der Waals surface area contributed by atoms with Gasteiger partial charge < -0.3 is 15.1 Å². The molecule has 0 saturated carbocycles. The normalized spacial score (nSPS) is 14.0. The Bertz CT molecular complexity index is 969. The third-order valence-corrected chi connectivity index (χ3v) is 6.03. The van der Waals surface area contributed by atoms with Gasteiger partial charge in [0.2, 0.25) is 0 Å². The molecule has 1 saturated heterocycles. The van der Waals surface area contributed by atoms with Crippen LogP contribution in [0.5, 0.6) is 0 Å². The molecular weight excluding hydrogens is 378 g/mol. The first-order valence-electron chi connectivity index (χ1n) is 9.84. The number of piperazine rings is 1. The Balaban J connectivity index is 1.43. The van der Waals surface area contributed by atoms with Crippen molar-refractivity contribution in [2.24, 2.45) is 0 Å². The lowest BCUT2D eigenvalue weighted by atomic mass is 10.0. The molecule has 1 fully saturated rings. The van der Waals surface area contributed by atoms with Gasteiger partial charge in [-0.05, 0) is 30.0 Å². The van der Waals surface area contributed by atoms with Gasteiger partial charge >= 0.3 is 6.03 Å². The number of hydrogen-bond acceptors (Lipinski definition) is 3. The molecule has 0 spiro atoms. The smallest absolute Gasteiger partial charge is 0.321 e. The second-order valence-corrected chi connectivity index (χ2v) is 7.84. The van der Waals surface area contributed by atoms with Crippen LogP contribution in [0.15, 0.2) is 83.8 Å². The van der Waals surface area contributed by atoms with E-state index in [0.29, 0.717) is 13.1 Å². The Labute approximate surface area is 176 Å². The van der Waals surface area contributed by atoms with Crippen molar-refractivity contribution in [3.05, 3.63) is 78.9 Å². The Morgan fingerprint density at radius 1 is 0.828 bits per heavy atom. The van der Waals surface area contributed by atoms with Crippen molar-refractivity contribution >= 4 is 29.2 Å². The highest BCUT2D eigenvalue weighted by atomic mass is 32.2. The summed E-state index contributed by atoms with van der Waals surface area (Å²) < 4.78 is 0. The van der Waals surface area contributed by atoms with Crippen molar-refractivity contribution in [3.8, 4) is 11.1 Å². The minimum Gasteiger partial charge on any atom is -0.367 e. The van der Waals surface area contributed by atoms with Gasteiger partial charge in [-0.15, -0.1) is 11.8 Å². The Morgan fingerprint density at radius 3 is 2.24 bits per heavy atom. The topological polar surface area (TPSA) is 35.6 Å². The Hall–Kier alpha value is -2.92. The summed E-state index contributed by atoms with van der Waals surface area (Å²) in [6, 6.07) is 26.5. The van der Waals surface area contributed by atoms with E-state index in [9.17, 15) is 4.79 Å². The summed E-state index contributed by atoms with van der Waals surface area (Å²) in [6.45, 7) is 3.10. The molecule has 0 unspecified atom stereocenters. The van der Waals surface area contributed by atoms with Crippen LogP contribution in [0, 0.1) is 0 Å². The summed E-state index contributed by atoms with van der Waals surface area (Å²) in [6.07, 6.45) is 2.10. The van der Waals surface area contributed by atoms with Crippen molar-refractivity contribution in [2.75, 3.05) is 42.7 Å². The molecule has 2 amide bonds. The van der Waals surface area contributed by atoms with Gasteiger partial charge in [-0.2, -0.15) is 0 Å². The van der Waals surface area contributed by atoms with Crippen molar-refractivity contribution in [1.82, 2.24) is 4.90 Å². The van der Waals surface area contributed by atoms with Crippen LogP contribution in [0.1, 0.15) is 0 Å². The van der Waals surface area contributed by atoms with Crippen molar-refractivity contribution in [2.45, 2.75) is 4.90 Å². The maximum Gasteiger partial charge on any atom is 0.321 e. The molecular formula is C24H25N3OS. The van der Waals surface area contributed by atoms with Crippen LogP contribution < -0.4 is 10.2 Å². The number of carbonyl (C=O) groups is 1. The van der Waals surface area contributed by atoms with Crippen LogP contribution >= 0.6 is 11.8 Å². The molecule has 1 aliphatic rings. The van der Waals surface area contributed by atoms with Crippen LogP contribution in [0.3, 0.4) is 0 Å². The van der Waals surface area contributed by atoms with Crippen LogP contribution in [-0.2, 0) is 0 Å². The van der Waals surface area contributed by atoms with Crippen molar-refractivity contribution in [3.63, 3.8) is 0 Å². The van der Waals surface area contributed by atoms with Gasteiger partial charge in [-0.3, -0.25) is 0 Å². The van der Waals surface area contributed by atoms with Crippen LogP contribution in [0.2, 0.25) is 0 Å². The molecule has 3 aromatic rings. The third-order valence-electron chi connectivity index (χ3n) is 5.25. The summed E-state index contributed by atoms with van der Waals surface area (Å²) in [4.78, 5) is 18.5. The number of amides is 2. The quantitative estimate of drug-likeness (QED) is 0.590. The molecule has 0 radical (unpaired) electrons. The lowest BCUT2D eigenvalue weighted by molar-refractivity contribution is 0.208. The number of urea groups is 1. The van der Waals surface area contributed by atoms with Gasteiger partial charge in [-0.25, -0.2) is 4.79 Å². The highest BCUT2D eigenvalue weighted by molar-refractivity contribution is 7.98. The predicted molar refractivity (Wildman–Crippen MR) is 123 cm³/mol. The molecule has 29 heavy (non-hydrogen) atoms. The van der Waals surface area contributed by atoms with E-state index in [0.717, 1.165) is 29.9 Å². The van der Waals surface area contributed by atoms with E-state index >= 15 is 0 Å². The van der Waals surface area contributed by atoms with Crippen molar-refractivity contribution < 1.29 is 4.79 Å². The number of nitrogens with zero attached hydrogens (tertiary/aromatic N) is 2. The van der Waals surface area contributed by atoms with E-state index in [1.54, 1.807) is 11.8 Å². The van der Waals surface area contributed by atoms with Gasteiger partial charge in [0.15, 0.2) is 0 Å². The molecule has 0 atom stereocenters. The Kier molecular flexibility index (Phi) is 6.06. The standard InChI is InChI=1S/C24H25N3OS/c1-29-23-14-8-7-13-22(23)26-15-17-27(18-16-26)24(28)25-21-12-6-5-11-20(21)19-9-3-2-4-10-19/h2-14H,15-18H2,1H3,(H,25,28). The molecule has 0 aliphatic carbocycles. The average Bonchev–Trinajstić information content (AvgIpc) is 2.80. The maximum absolute atomic E-state index is 12.9. The highest BCUT2D eigenvalue weighted by Crippen LogP contribution is 2.30. The minimum absolute atomic E-state index is 0.0359. The van der Waals surface area contributed by atoms with E-state index in [4.69, 9.17) is 0 Å². The van der Waals surface area contributed by atoms with Gasteiger partial charge in [-0.1, -0.05) is 60.7 Å². The number of nitrogens with one attached hydrogen (secondary N) is 1. The molecule has 1 heterocycles. The molecule has 0 aromatic heterocycles. The van der Waals surface area contributed by atoms with E-state index in [-0.39, 0.29) is 6.03 Å². The molecule has 3 aromatic carbocycles. The minimum atomic E-state index is -0.0359. The number of benzene rings is 3. The maximum atomic E-state index is 12.9. The predicted octanol–water partition coefficient (Wildman–Crippen LogP) is 5.43. The summed E-state index contributed by atoms with van der Waals surface area (Å²) >= 11 is 1.76. The van der Waals surface area contributed by atoms with E-state index in [2.05, 4.69) is 52.9 Å². The van der Waals surface area contributed by atoms with Crippen LogP contribution in [0.4, 0.5) is 16.2 Å². The number of hydrogen-bond donors (Lipinski definition) is 1. The molecule has 4 nitrogen and oxygen atoms in total. The van der Waals surface area contributed by atoms with Gasteiger partial charge in [0.25, 0.3) is 0 Å². The molecule has 4 rings (SSSR count). The molecule has 1 N–H and O–H groups in total. The molecule has 5 heteroatoms. The second kappa shape index (κ2) is 9.05. The van der Waals surface area contributed by atoms with E-state index < -0.39 is 0 Å². The first-order valence-corrected chi connectivity index (χ1v) is 11.1. The zero-order valence-corrected chi connectivity index (χ0v) is 17.4. The zero-order chi connectivity index (χ0) is 20.1. The summed E-state index contributed by atoms with van der Waals surface area (Å²) in [7, 11) is 0. The molecule has 1 aliphatic heterocycles. The summed E-state index contributed by atoms with van der Waals surface area (Å²) in [5.74, 6) is 0. The van der Waals surface area contributed by atoms with E-state index in [1.807, 2.05) is 47.4 Å². The SMILES string of the molecule is CSc1ccccc1N1CCN(C(=O)Nc2ccccc2-c2ccccc2)CC1. The second-order valence-electron chi connectivity index (χ2n) is 6.99. The summed E-state index contributed by atoms with van der Waals surface area (Å²) in [5, 5.41) is 3.12. The first-order chi connectivity index (χ1) is 14.3. The lowest BCUT2D eigenvalue weighted by Gasteiger charge is -2.36. The van der Waals surface area contributed by atoms with Crippen LogP contribution in [0.25, 0.3) is 11.1 Å². The fraction of sp³-hybridized carbons (Fsp3) is 0.208. The van der Waals surface area contributed by atoms with Crippen molar-refractivity contribution in [1.29, 1.82) is 0 Å². The molecule has 148 valence electrons. The Morgan fingerprint density at radius 2 is 1.48 bits per heavy atom. The average molecular weight is 404 g/mol. The number of anilines is 2. The zero-order valence-electron chi connectivity index (χ0n) is 16.5.